The number of nitrogens with zero attached hydrogens (tertiary/aromatic N) is 1. The van der Waals surface area contributed by atoms with Crippen LogP contribution in [0.25, 0.3) is 0 Å². The molecule has 3 atom stereocenters. The number of hydrogen-bond acceptors (Lipinski definition) is 9. The summed E-state index contributed by atoms with van der Waals surface area (Å²) in [6.45, 7) is 3.76. The van der Waals surface area contributed by atoms with E-state index < -0.39 is 17.8 Å². The molecule has 0 spiro atoms. The fourth-order valence-electron chi connectivity index (χ4n) is 5.64. The van der Waals surface area contributed by atoms with E-state index in [0.29, 0.717) is 57.7 Å². The SMILES string of the molecule is CCOC(=O)C1C(C)=NC2=C(C(=O)C[C@@H](c3ccc(OC)c(OC)c3)C2)[C@@H]1c1ccc(OC)c(OC)c1OC. The maximum absolute atomic E-state index is 14.0. The highest BCUT2D eigenvalue weighted by molar-refractivity contribution is 6.09. The molecule has 1 heterocycles. The minimum Gasteiger partial charge on any atom is -0.493 e. The Morgan fingerprint density at radius 2 is 1.54 bits per heavy atom. The van der Waals surface area contributed by atoms with Gasteiger partial charge in [-0.3, -0.25) is 14.6 Å². The van der Waals surface area contributed by atoms with Crippen molar-refractivity contribution in [2.45, 2.75) is 38.5 Å². The van der Waals surface area contributed by atoms with Crippen LogP contribution in [0.15, 0.2) is 46.6 Å². The summed E-state index contributed by atoms with van der Waals surface area (Å²) in [5.41, 5.74) is 3.32. The number of Topliss-reactive ketones (excluding diaryl/α,β-unsaturated/α-hetero) is 1. The molecule has 9 nitrogen and oxygen atoms in total. The van der Waals surface area contributed by atoms with Crippen LogP contribution in [0.1, 0.15) is 49.7 Å². The van der Waals surface area contributed by atoms with E-state index in [2.05, 4.69) is 0 Å². The molecule has 4 rings (SSSR count). The van der Waals surface area contributed by atoms with E-state index in [-0.39, 0.29) is 24.7 Å². The van der Waals surface area contributed by atoms with Crippen molar-refractivity contribution in [3.8, 4) is 28.7 Å². The maximum Gasteiger partial charge on any atom is 0.315 e. The molecule has 0 bridgehead atoms. The van der Waals surface area contributed by atoms with Crippen LogP contribution < -0.4 is 23.7 Å². The Labute approximate surface area is 228 Å². The number of benzene rings is 2. The summed E-state index contributed by atoms with van der Waals surface area (Å²) >= 11 is 0. The third-order valence-corrected chi connectivity index (χ3v) is 7.38. The zero-order valence-electron chi connectivity index (χ0n) is 23.5. The second-order valence-electron chi connectivity index (χ2n) is 9.39. The van der Waals surface area contributed by atoms with Crippen LogP contribution in [0.5, 0.6) is 28.7 Å². The molecule has 9 heteroatoms. The maximum atomic E-state index is 14.0. The van der Waals surface area contributed by atoms with Gasteiger partial charge in [-0.25, -0.2) is 0 Å². The molecular weight excluding hydrogens is 502 g/mol. The number of ether oxygens (including phenoxy) is 6. The molecule has 1 aliphatic heterocycles. The van der Waals surface area contributed by atoms with Crippen LogP contribution in [-0.4, -0.2) is 59.6 Å². The minimum absolute atomic E-state index is 0.0802. The van der Waals surface area contributed by atoms with E-state index in [0.717, 1.165) is 5.56 Å². The van der Waals surface area contributed by atoms with Crippen LogP contribution in [0.4, 0.5) is 0 Å². The molecule has 1 unspecified atom stereocenters. The fraction of sp³-hybridized carbons (Fsp3) is 0.433. The molecule has 39 heavy (non-hydrogen) atoms. The van der Waals surface area contributed by atoms with Gasteiger partial charge in [-0.1, -0.05) is 12.1 Å². The van der Waals surface area contributed by atoms with Crippen LogP contribution in [-0.2, 0) is 14.3 Å². The van der Waals surface area contributed by atoms with E-state index in [1.807, 2.05) is 24.3 Å². The van der Waals surface area contributed by atoms with Crippen LogP contribution >= 0.6 is 0 Å². The van der Waals surface area contributed by atoms with Crippen LogP contribution in [0.2, 0.25) is 0 Å². The number of carbonyl (C=O) groups is 2. The standard InChI is InChI=1S/C30H35NO8/c1-8-39-30(33)25-16(2)31-20-13-18(17-9-11-22(34-3)24(15-17)36-5)14-21(32)27(20)26(25)19-10-12-23(35-4)29(38-7)28(19)37-6/h9-12,15,18,25-26H,8,13-14H2,1-7H3/t18-,25?,26+/m0/s1. The topological polar surface area (TPSA) is 102 Å². The molecule has 0 saturated heterocycles. The van der Waals surface area contributed by atoms with Gasteiger partial charge in [0.1, 0.15) is 5.92 Å². The van der Waals surface area contributed by atoms with Crippen molar-refractivity contribution in [3.63, 3.8) is 0 Å². The molecule has 2 aliphatic rings. The first kappa shape index (κ1) is 28.0. The number of methoxy groups -OCH3 is 5. The predicted octanol–water partition coefficient (Wildman–Crippen LogP) is 4.87. The lowest BCUT2D eigenvalue weighted by molar-refractivity contribution is -0.146. The summed E-state index contributed by atoms with van der Waals surface area (Å²) < 4.78 is 33.2. The van der Waals surface area contributed by atoms with Crippen molar-refractivity contribution in [1.29, 1.82) is 0 Å². The Bertz CT molecular complexity index is 1330. The van der Waals surface area contributed by atoms with E-state index >= 15 is 0 Å². The Kier molecular flexibility index (Phi) is 8.47. The number of hydrogen-bond donors (Lipinski definition) is 0. The van der Waals surface area contributed by atoms with E-state index in [9.17, 15) is 9.59 Å². The number of ketones is 1. The van der Waals surface area contributed by atoms with Gasteiger partial charge >= 0.3 is 5.97 Å². The number of aliphatic imine (C=N–C) groups is 1. The smallest absolute Gasteiger partial charge is 0.315 e. The van der Waals surface area contributed by atoms with Gasteiger partial charge in [0, 0.05) is 34.9 Å². The average molecular weight is 538 g/mol. The van der Waals surface area contributed by atoms with Gasteiger partial charge in [0.05, 0.1) is 42.2 Å². The summed E-state index contributed by atoms with van der Waals surface area (Å²) in [6, 6.07) is 9.25. The van der Waals surface area contributed by atoms with Crippen molar-refractivity contribution in [2.75, 3.05) is 42.2 Å². The molecule has 208 valence electrons. The Morgan fingerprint density at radius 1 is 0.872 bits per heavy atom. The monoisotopic (exact) mass is 537 g/mol. The second-order valence-corrected chi connectivity index (χ2v) is 9.39. The molecule has 0 aromatic heterocycles. The molecule has 0 radical (unpaired) electrons. The quantitative estimate of drug-likeness (QED) is 0.418. The minimum atomic E-state index is -0.794. The van der Waals surface area contributed by atoms with Crippen molar-refractivity contribution in [3.05, 3.63) is 52.7 Å². The normalized spacial score (nSPS) is 20.5. The first-order chi connectivity index (χ1) is 18.8. The molecule has 2 aromatic rings. The highest BCUT2D eigenvalue weighted by Crippen LogP contribution is 2.52. The van der Waals surface area contributed by atoms with Crippen LogP contribution in [0, 0.1) is 5.92 Å². The lowest BCUT2D eigenvalue weighted by Gasteiger charge is -2.37. The van der Waals surface area contributed by atoms with Crippen molar-refractivity contribution >= 4 is 17.5 Å². The van der Waals surface area contributed by atoms with Gasteiger partial charge < -0.3 is 28.4 Å². The fourth-order valence-corrected chi connectivity index (χ4v) is 5.64. The predicted molar refractivity (Wildman–Crippen MR) is 146 cm³/mol. The van der Waals surface area contributed by atoms with E-state index in [4.69, 9.17) is 33.4 Å². The zero-order chi connectivity index (χ0) is 28.3. The molecule has 0 N–H and O–H groups in total. The molecule has 0 amide bonds. The van der Waals surface area contributed by atoms with Gasteiger partial charge in [0.2, 0.25) is 5.75 Å². The average Bonchev–Trinajstić information content (AvgIpc) is 2.94. The third-order valence-electron chi connectivity index (χ3n) is 7.38. The van der Waals surface area contributed by atoms with Crippen molar-refractivity contribution in [2.24, 2.45) is 10.9 Å². The Balaban J connectivity index is 1.87. The zero-order valence-corrected chi connectivity index (χ0v) is 23.5. The van der Waals surface area contributed by atoms with Gasteiger partial charge in [0.25, 0.3) is 0 Å². The van der Waals surface area contributed by atoms with Crippen molar-refractivity contribution < 1.29 is 38.0 Å². The molecule has 1 aliphatic carbocycles. The largest absolute Gasteiger partial charge is 0.493 e. The Hall–Kier alpha value is -4.01. The third kappa shape index (κ3) is 5.05. The lowest BCUT2D eigenvalue weighted by Crippen LogP contribution is -2.38. The number of rotatable bonds is 9. The summed E-state index contributed by atoms with van der Waals surface area (Å²) in [7, 11) is 7.75. The number of allylic oxidation sites excluding steroid dienone is 2. The highest BCUT2D eigenvalue weighted by Gasteiger charge is 2.46. The van der Waals surface area contributed by atoms with Crippen molar-refractivity contribution in [1.82, 2.24) is 0 Å². The van der Waals surface area contributed by atoms with Gasteiger partial charge in [-0.15, -0.1) is 0 Å². The summed E-state index contributed by atoms with van der Waals surface area (Å²) in [5.74, 6) is 0.382. The first-order valence-corrected chi connectivity index (χ1v) is 12.8. The summed E-state index contributed by atoms with van der Waals surface area (Å²) in [5, 5.41) is 0. The molecule has 0 fully saturated rings. The van der Waals surface area contributed by atoms with Gasteiger partial charge in [0.15, 0.2) is 28.8 Å². The van der Waals surface area contributed by atoms with Gasteiger partial charge in [-0.2, -0.15) is 0 Å². The van der Waals surface area contributed by atoms with E-state index in [1.54, 1.807) is 34.1 Å². The number of esters is 1. The lowest BCUT2D eigenvalue weighted by atomic mass is 9.69. The van der Waals surface area contributed by atoms with Crippen LogP contribution in [0.3, 0.4) is 0 Å². The molecular formula is C30H35NO8. The first-order valence-electron chi connectivity index (χ1n) is 12.8. The Morgan fingerprint density at radius 3 is 2.15 bits per heavy atom. The molecule has 2 aromatic carbocycles. The van der Waals surface area contributed by atoms with Gasteiger partial charge in [-0.05, 0) is 49.9 Å². The summed E-state index contributed by atoms with van der Waals surface area (Å²) in [6.07, 6.45) is 0.778. The highest BCUT2D eigenvalue weighted by atomic mass is 16.5. The molecule has 0 saturated carbocycles. The second kappa shape index (κ2) is 11.8. The summed E-state index contributed by atoms with van der Waals surface area (Å²) in [4.78, 5) is 32.1. The number of carbonyl (C=O) groups excluding carboxylic acids is 2. The van der Waals surface area contributed by atoms with E-state index in [1.165, 1.54) is 21.3 Å².